The van der Waals surface area contributed by atoms with Gasteiger partial charge in [-0.05, 0) is 48.4 Å². The molecule has 3 aromatic rings. The lowest BCUT2D eigenvalue weighted by Gasteiger charge is -2.12. The van der Waals surface area contributed by atoms with Crippen LogP contribution in [0.4, 0.5) is 10.5 Å². The van der Waals surface area contributed by atoms with E-state index in [1.165, 1.54) is 18.2 Å². The number of carbonyl (C=O) groups excluding carboxylic acids is 4. The van der Waals surface area contributed by atoms with E-state index in [9.17, 15) is 24.3 Å². The minimum absolute atomic E-state index is 0.00150. The number of hydrogen-bond acceptors (Lipinski definition) is 6. The van der Waals surface area contributed by atoms with Gasteiger partial charge in [-0.3, -0.25) is 9.59 Å². The molecule has 1 fully saturated rings. The number of urea groups is 1. The molecule has 1 aromatic heterocycles. The zero-order valence-electron chi connectivity index (χ0n) is 17.5. The van der Waals surface area contributed by atoms with Crippen LogP contribution in [0, 0.1) is 6.92 Å². The Morgan fingerprint density at radius 2 is 1.88 bits per heavy atom. The Hall–Kier alpha value is -4.66. The van der Waals surface area contributed by atoms with Gasteiger partial charge in [0.05, 0.1) is 5.97 Å². The van der Waals surface area contributed by atoms with Gasteiger partial charge < -0.3 is 25.0 Å². The second-order valence-electron chi connectivity index (χ2n) is 7.37. The lowest BCUT2D eigenvalue weighted by molar-refractivity contribution is -0.255. The van der Waals surface area contributed by atoms with Gasteiger partial charge in [0.2, 0.25) is 5.91 Å². The number of aromatic carboxylic acids is 1. The van der Waals surface area contributed by atoms with E-state index in [0.29, 0.717) is 17.0 Å². The van der Waals surface area contributed by atoms with Crippen molar-refractivity contribution >= 4 is 35.6 Å². The molecule has 2 aromatic carbocycles. The molecule has 0 spiro atoms. The Bertz CT molecular complexity index is 1310. The van der Waals surface area contributed by atoms with Gasteiger partial charge in [-0.15, -0.1) is 0 Å². The predicted molar refractivity (Wildman–Crippen MR) is 117 cm³/mol. The summed E-state index contributed by atoms with van der Waals surface area (Å²) in [5.41, 5.74) is 1.98. The van der Waals surface area contributed by atoms with Crippen LogP contribution in [0.25, 0.3) is 17.4 Å². The van der Waals surface area contributed by atoms with Gasteiger partial charge in [-0.2, -0.15) is 0 Å². The number of furan rings is 1. The summed E-state index contributed by atoms with van der Waals surface area (Å²) in [5, 5.41) is 16.1. The normalized spacial score (nSPS) is 14.5. The zero-order valence-corrected chi connectivity index (χ0v) is 17.5. The van der Waals surface area contributed by atoms with Crippen LogP contribution in [-0.4, -0.2) is 35.3 Å². The number of aryl methyl sites for hydroxylation is 1. The summed E-state index contributed by atoms with van der Waals surface area (Å²) < 4.78 is 5.67. The SMILES string of the molecule is Cc1cccc(NC(=O)CN2C(=O)N/C(=C\c3ccc(-c4cccc(C(=O)[O-])c4)o3)C2=O)c1. The van der Waals surface area contributed by atoms with Crippen molar-refractivity contribution < 1.29 is 28.7 Å². The number of amides is 4. The fraction of sp³-hybridized carbons (Fsp3) is 0.0833. The number of hydrogen-bond donors (Lipinski definition) is 2. The molecule has 0 aliphatic carbocycles. The first-order chi connectivity index (χ1) is 15.8. The second kappa shape index (κ2) is 8.83. The van der Waals surface area contributed by atoms with E-state index in [0.717, 1.165) is 10.5 Å². The Kier molecular flexibility index (Phi) is 5.77. The largest absolute Gasteiger partial charge is 0.545 e. The summed E-state index contributed by atoms with van der Waals surface area (Å²) in [6, 6.07) is 15.6. The van der Waals surface area contributed by atoms with Gasteiger partial charge >= 0.3 is 6.03 Å². The molecule has 0 atom stereocenters. The van der Waals surface area contributed by atoms with Crippen molar-refractivity contribution in [3.8, 4) is 11.3 Å². The molecule has 33 heavy (non-hydrogen) atoms. The Morgan fingerprint density at radius 1 is 1.09 bits per heavy atom. The predicted octanol–water partition coefficient (Wildman–Crippen LogP) is 2.15. The van der Waals surface area contributed by atoms with Gasteiger partial charge in [-0.1, -0.05) is 30.3 Å². The summed E-state index contributed by atoms with van der Waals surface area (Å²) in [7, 11) is 0. The smallest absolute Gasteiger partial charge is 0.329 e. The molecular weight excluding hydrogens is 426 g/mol. The third-order valence-corrected chi connectivity index (χ3v) is 4.86. The zero-order chi connectivity index (χ0) is 23.5. The maximum atomic E-state index is 12.6. The van der Waals surface area contributed by atoms with E-state index in [-0.39, 0.29) is 17.0 Å². The fourth-order valence-corrected chi connectivity index (χ4v) is 3.31. The Balaban J connectivity index is 1.46. The highest BCUT2D eigenvalue weighted by Crippen LogP contribution is 2.25. The first kappa shape index (κ1) is 21.6. The molecule has 1 aliphatic rings. The van der Waals surface area contributed by atoms with Crippen molar-refractivity contribution in [2.45, 2.75) is 6.92 Å². The quantitative estimate of drug-likeness (QED) is 0.442. The van der Waals surface area contributed by atoms with Crippen molar-refractivity contribution in [3.05, 3.63) is 83.2 Å². The Morgan fingerprint density at radius 3 is 2.64 bits per heavy atom. The van der Waals surface area contributed by atoms with E-state index in [2.05, 4.69) is 10.6 Å². The van der Waals surface area contributed by atoms with Crippen LogP contribution in [0.5, 0.6) is 0 Å². The molecule has 166 valence electrons. The molecule has 0 saturated carbocycles. The first-order valence-electron chi connectivity index (χ1n) is 9.93. The lowest BCUT2D eigenvalue weighted by atomic mass is 10.1. The van der Waals surface area contributed by atoms with Crippen LogP contribution in [0.15, 0.2) is 70.8 Å². The van der Waals surface area contributed by atoms with Gasteiger partial charge in [0.15, 0.2) is 0 Å². The lowest BCUT2D eigenvalue weighted by Crippen LogP contribution is -2.38. The molecule has 0 bridgehead atoms. The molecule has 2 N–H and O–H groups in total. The minimum atomic E-state index is -1.31. The van der Waals surface area contributed by atoms with E-state index in [4.69, 9.17) is 4.42 Å². The van der Waals surface area contributed by atoms with Crippen LogP contribution in [0.3, 0.4) is 0 Å². The van der Waals surface area contributed by atoms with Crippen molar-refractivity contribution in [1.82, 2.24) is 10.2 Å². The number of carboxylic acids is 1. The number of carbonyl (C=O) groups is 4. The fourth-order valence-electron chi connectivity index (χ4n) is 3.31. The standard InChI is InChI=1S/C24H19N3O6/c1-14-4-2-7-17(10-14)25-21(28)13-27-22(29)19(26-24(27)32)12-18-8-9-20(33-18)15-5-3-6-16(11-15)23(30)31/h2-12H,13H2,1H3,(H,25,28)(H,26,32)(H,30,31)/p-1/b19-12-. The molecular formula is C24H18N3O6-. The van der Waals surface area contributed by atoms with Crippen LogP contribution in [0.1, 0.15) is 21.7 Å². The number of nitrogens with zero attached hydrogens (tertiary/aromatic N) is 1. The van der Waals surface area contributed by atoms with Gasteiger partial charge in [0.25, 0.3) is 5.91 Å². The molecule has 4 rings (SSSR count). The summed E-state index contributed by atoms with van der Waals surface area (Å²) in [5.74, 6) is -1.86. The molecule has 0 radical (unpaired) electrons. The van der Waals surface area contributed by atoms with E-state index >= 15 is 0 Å². The van der Waals surface area contributed by atoms with Crippen molar-refractivity contribution in [3.63, 3.8) is 0 Å². The van der Waals surface area contributed by atoms with Gasteiger partial charge in [0, 0.05) is 17.3 Å². The van der Waals surface area contributed by atoms with E-state index < -0.39 is 30.4 Å². The molecule has 9 heteroatoms. The van der Waals surface area contributed by atoms with Crippen LogP contribution >= 0.6 is 0 Å². The van der Waals surface area contributed by atoms with Crippen molar-refractivity contribution in [2.75, 3.05) is 11.9 Å². The number of benzene rings is 2. The molecule has 0 unspecified atom stereocenters. The second-order valence-corrected chi connectivity index (χ2v) is 7.37. The van der Waals surface area contributed by atoms with E-state index in [1.807, 2.05) is 13.0 Å². The average molecular weight is 444 g/mol. The Labute approximate surface area is 188 Å². The molecule has 1 aliphatic heterocycles. The average Bonchev–Trinajstić information content (AvgIpc) is 3.34. The van der Waals surface area contributed by atoms with Crippen LogP contribution in [0.2, 0.25) is 0 Å². The first-order valence-corrected chi connectivity index (χ1v) is 9.93. The van der Waals surface area contributed by atoms with Gasteiger partial charge in [0.1, 0.15) is 23.8 Å². The summed E-state index contributed by atoms with van der Waals surface area (Å²) in [4.78, 5) is 49.0. The number of carboxylic acid groups (broad SMARTS) is 1. The van der Waals surface area contributed by atoms with Crippen LogP contribution in [-0.2, 0) is 9.59 Å². The highest BCUT2D eigenvalue weighted by molar-refractivity contribution is 6.15. The van der Waals surface area contributed by atoms with Gasteiger partial charge in [-0.25, -0.2) is 9.69 Å². The highest BCUT2D eigenvalue weighted by Gasteiger charge is 2.35. The molecule has 4 amide bonds. The van der Waals surface area contributed by atoms with Crippen molar-refractivity contribution in [2.24, 2.45) is 0 Å². The minimum Gasteiger partial charge on any atom is -0.545 e. The highest BCUT2D eigenvalue weighted by atomic mass is 16.4. The van der Waals surface area contributed by atoms with Crippen LogP contribution < -0.4 is 15.7 Å². The summed E-state index contributed by atoms with van der Waals surface area (Å²) >= 11 is 0. The third kappa shape index (κ3) is 4.82. The third-order valence-electron chi connectivity index (χ3n) is 4.86. The summed E-state index contributed by atoms with van der Waals surface area (Å²) in [6.07, 6.45) is 1.34. The molecule has 2 heterocycles. The maximum Gasteiger partial charge on any atom is 0.329 e. The van der Waals surface area contributed by atoms with E-state index in [1.54, 1.807) is 42.5 Å². The molecule has 1 saturated heterocycles. The number of rotatable bonds is 6. The maximum absolute atomic E-state index is 12.6. The number of anilines is 1. The molecule has 9 nitrogen and oxygen atoms in total. The topological polar surface area (TPSA) is 132 Å². The number of nitrogens with one attached hydrogen (secondary N) is 2. The number of imide groups is 1. The monoisotopic (exact) mass is 444 g/mol. The van der Waals surface area contributed by atoms with Crippen molar-refractivity contribution in [1.29, 1.82) is 0 Å². The summed E-state index contributed by atoms with van der Waals surface area (Å²) in [6.45, 7) is 1.43.